The molecular weight excluding hydrogens is 336 g/mol. The van der Waals surface area contributed by atoms with Crippen LogP contribution in [-0.4, -0.2) is 5.91 Å². The van der Waals surface area contributed by atoms with Crippen LogP contribution in [0, 0.1) is 6.92 Å². The number of anilines is 2. The highest BCUT2D eigenvalue weighted by Gasteiger charge is 2.30. The molecule has 1 aliphatic heterocycles. The van der Waals surface area contributed by atoms with E-state index in [9.17, 15) is 4.79 Å². The molecule has 134 valence electrons. The lowest BCUT2D eigenvalue weighted by Gasteiger charge is -2.31. The number of carbonyl (C=O) groups is 1. The van der Waals surface area contributed by atoms with E-state index in [0.29, 0.717) is 29.4 Å². The van der Waals surface area contributed by atoms with Crippen molar-refractivity contribution >= 4 is 23.4 Å². The van der Waals surface area contributed by atoms with E-state index in [1.165, 1.54) is 0 Å². The number of aryl methyl sites for hydroxylation is 1. The first-order chi connectivity index (χ1) is 13.1. The molecule has 3 aromatic rings. The topological polar surface area (TPSA) is 55.6 Å². The maximum Gasteiger partial charge on any atom is 0.294 e. The molecule has 0 saturated heterocycles. The van der Waals surface area contributed by atoms with Crippen LogP contribution in [0.5, 0.6) is 5.75 Å². The molecule has 2 N–H and O–H groups in total. The van der Waals surface area contributed by atoms with Crippen LogP contribution in [-0.2, 0) is 11.3 Å². The summed E-state index contributed by atoms with van der Waals surface area (Å²) in [6.45, 7) is 2.47. The third-order valence-electron chi connectivity index (χ3n) is 4.47. The number of fused-ring (bicyclic) bond motifs is 1. The highest BCUT2D eigenvalue weighted by atomic mass is 16.5. The third-order valence-corrected chi connectivity index (χ3v) is 4.47. The van der Waals surface area contributed by atoms with E-state index in [2.05, 4.69) is 0 Å². The molecule has 1 heterocycles. The van der Waals surface area contributed by atoms with Gasteiger partial charge >= 0.3 is 0 Å². The summed E-state index contributed by atoms with van der Waals surface area (Å²) in [5.41, 5.74) is 10.3. The Hall–Kier alpha value is -3.53. The van der Waals surface area contributed by atoms with Gasteiger partial charge in [0.15, 0.2) is 11.5 Å². The van der Waals surface area contributed by atoms with E-state index in [0.717, 1.165) is 16.7 Å². The Morgan fingerprint density at radius 1 is 1.00 bits per heavy atom. The number of benzene rings is 3. The quantitative estimate of drug-likeness (QED) is 0.553. The smallest absolute Gasteiger partial charge is 0.294 e. The molecule has 0 saturated carbocycles. The van der Waals surface area contributed by atoms with Crippen molar-refractivity contribution in [3.8, 4) is 5.75 Å². The molecule has 0 unspecified atom stereocenters. The predicted octanol–water partition coefficient (Wildman–Crippen LogP) is 4.54. The number of hydrogen-bond donors (Lipinski definition) is 1. The molecule has 0 aliphatic carbocycles. The molecule has 4 nitrogen and oxygen atoms in total. The lowest BCUT2D eigenvalue weighted by molar-refractivity contribution is -0.117. The van der Waals surface area contributed by atoms with Gasteiger partial charge in [-0.2, -0.15) is 0 Å². The number of hydrogen-bond acceptors (Lipinski definition) is 3. The SMILES string of the molecule is Cc1cccc(/C=C2/Oc3ccc(N)cc3N(Cc3ccccc3)C2=O)c1. The summed E-state index contributed by atoms with van der Waals surface area (Å²) >= 11 is 0. The average molecular weight is 356 g/mol. The second-order valence-corrected chi connectivity index (χ2v) is 6.63. The largest absolute Gasteiger partial charge is 0.449 e. The predicted molar refractivity (Wildman–Crippen MR) is 108 cm³/mol. The first-order valence-electron chi connectivity index (χ1n) is 8.82. The van der Waals surface area contributed by atoms with E-state index in [1.54, 1.807) is 29.2 Å². The Balaban J connectivity index is 1.76. The van der Waals surface area contributed by atoms with Crippen molar-refractivity contribution < 1.29 is 9.53 Å². The van der Waals surface area contributed by atoms with E-state index >= 15 is 0 Å². The Labute approximate surface area is 158 Å². The van der Waals surface area contributed by atoms with Crippen molar-refractivity contribution in [2.75, 3.05) is 10.6 Å². The van der Waals surface area contributed by atoms with Crippen LogP contribution in [0.25, 0.3) is 6.08 Å². The van der Waals surface area contributed by atoms with Gasteiger partial charge in [0.25, 0.3) is 5.91 Å². The number of nitrogen functional groups attached to an aromatic ring is 1. The van der Waals surface area contributed by atoms with E-state index in [1.807, 2.05) is 61.5 Å². The van der Waals surface area contributed by atoms with Gasteiger partial charge in [-0.1, -0.05) is 60.2 Å². The van der Waals surface area contributed by atoms with Crippen molar-refractivity contribution in [1.29, 1.82) is 0 Å². The molecule has 0 aromatic heterocycles. The van der Waals surface area contributed by atoms with E-state index in [4.69, 9.17) is 10.5 Å². The van der Waals surface area contributed by atoms with Crippen molar-refractivity contribution in [2.24, 2.45) is 0 Å². The lowest BCUT2D eigenvalue weighted by atomic mass is 10.1. The van der Waals surface area contributed by atoms with Crippen LogP contribution in [0.15, 0.2) is 78.6 Å². The number of ether oxygens (including phenoxy) is 1. The zero-order valence-electron chi connectivity index (χ0n) is 15.1. The van der Waals surface area contributed by atoms with Crippen LogP contribution in [0.4, 0.5) is 11.4 Å². The third kappa shape index (κ3) is 3.55. The van der Waals surface area contributed by atoms with Gasteiger partial charge in [-0.05, 0) is 42.3 Å². The summed E-state index contributed by atoms with van der Waals surface area (Å²) in [4.78, 5) is 14.9. The molecule has 0 atom stereocenters. The second kappa shape index (κ2) is 7.00. The van der Waals surface area contributed by atoms with Gasteiger partial charge in [0, 0.05) is 5.69 Å². The number of amides is 1. The van der Waals surface area contributed by atoms with Crippen LogP contribution in [0.2, 0.25) is 0 Å². The molecule has 0 spiro atoms. The molecule has 27 heavy (non-hydrogen) atoms. The number of nitrogens with two attached hydrogens (primary N) is 1. The minimum Gasteiger partial charge on any atom is -0.449 e. The second-order valence-electron chi connectivity index (χ2n) is 6.63. The zero-order chi connectivity index (χ0) is 18.8. The normalized spacial score (nSPS) is 14.8. The van der Waals surface area contributed by atoms with Crippen LogP contribution in [0.1, 0.15) is 16.7 Å². The summed E-state index contributed by atoms with van der Waals surface area (Å²) < 4.78 is 5.93. The standard InChI is InChI=1S/C23H20N2O2/c1-16-6-5-9-18(12-16)13-22-23(26)25(15-17-7-3-2-4-8-17)20-14-19(24)10-11-21(20)27-22/h2-14H,15,24H2,1H3/b22-13+. The molecule has 0 fully saturated rings. The number of nitrogens with zero attached hydrogens (tertiary/aromatic N) is 1. The summed E-state index contributed by atoms with van der Waals surface area (Å²) in [5.74, 6) is 0.742. The van der Waals surface area contributed by atoms with Crippen LogP contribution in [0.3, 0.4) is 0 Å². The van der Waals surface area contributed by atoms with Crippen molar-refractivity contribution in [1.82, 2.24) is 0 Å². The fourth-order valence-corrected chi connectivity index (χ4v) is 3.16. The maximum atomic E-state index is 13.2. The Kier molecular flexibility index (Phi) is 4.38. The van der Waals surface area contributed by atoms with Gasteiger partial charge in [-0.25, -0.2) is 0 Å². The van der Waals surface area contributed by atoms with E-state index in [-0.39, 0.29) is 5.91 Å². The fourth-order valence-electron chi connectivity index (χ4n) is 3.16. The monoisotopic (exact) mass is 356 g/mol. The summed E-state index contributed by atoms with van der Waals surface area (Å²) in [5, 5.41) is 0. The van der Waals surface area contributed by atoms with Crippen LogP contribution < -0.4 is 15.4 Å². The molecule has 4 heteroatoms. The Morgan fingerprint density at radius 3 is 2.59 bits per heavy atom. The molecule has 0 bridgehead atoms. The van der Waals surface area contributed by atoms with Crippen LogP contribution >= 0.6 is 0 Å². The fraction of sp³-hybridized carbons (Fsp3) is 0.0870. The molecule has 3 aromatic carbocycles. The van der Waals surface area contributed by atoms with Gasteiger partial charge in [0.05, 0.1) is 12.2 Å². The van der Waals surface area contributed by atoms with Gasteiger partial charge in [-0.3, -0.25) is 9.69 Å². The lowest BCUT2D eigenvalue weighted by Crippen LogP contribution is -2.36. The van der Waals surface area contributed by atoms with Gasteiger partial charge in [-0.15, -0.1) is 0 Å². The highest BCUT2D eigenvalue weighted by molar-refractivity contribution is 6.10. The zero-order valence-corrected chi connectivity index (χ0v) is 15.1. The summed E-state index contributed by atoms with van der Waals surface area (Å²) in [6, 6.07) is 23.2. The minimum atomic E-state index is -0.182. The molecule has 4 rings (SSSR count). The van der Waals surface area contributed by atoms with E-state index < -0.39 is 0 Å². The number of carbonyl (C=O) groups excluding carboxylic acids is 1. The first kappa shape index (κ1) is 16.9. The Bertz CT molecular complexity index is 1030. The highest BCUT2D eigenvalue weighted by Crippen LogP contribution is 2.38. The van der Waals surface area contributed by atoms with Gasteiger partial charge in [0.1, 0.15) is 0 Å². The molecule has 0 radical (unpaired) electrons. The maximum absolute atomic E-state index is 13.2. The Morgan fingerprint density at radius 2 is 1.81 bits per heavy atom. The van der Waals surface area contributed by atoms with Crippen molar-refractivity contribution in [2.45, 2.75) is 13.5 Å². The van der Waals surface area contributed by atoms with Gasteiger partial charge in [0.2, 0.25) is 0 Å². The van der Waals surface area contributed by atoms with Crippen molar-refractivity contribution in [3.05, 3.63) is 95.2 Å². The summed E-state index contributed by atoms with van der Waals surface area (Å²) in [7, 11) is 0. The molecular formula is C23H20N2O2. The minimum absolute atomic E-state index is 0.182. The summed E-state index contributed by atoms with van der Waals surface area (Å²) in [6.07, 6.45) is 1.78. The van der Waals surface area contributed by atoms with Gasteiger partial charge < -0.3 is 10.5 Å². The first-order valence-corrected chi connectivity index (χ1v) is 8.82. The molecule has 1 amide bonds. The number of rotatable bonds is 3. The van der Waals surface area contributed by atoms with Crippen molar-refractivity contribution in [3.63, 3.8) is 0 Å². The molecule has 1 aliphatic rings. The average Bonchev–Trinajstić information content (AvgIpc) is 2.66.